The predicted octanol–water partition coefficient (Wildman–Crippen LogP) is 2.53. The van der Waals surface area contributed by atoms with Gasteiger partial charge in [0, 0.05) is 12.3 Å². The minimum absolute atomic E-state index is 0.366. The molecule has 0 amide bonds. The van der Waals surface area contributed by atoms with Gasteiger partial charge in [0.25, 0.3) is 0 Å². The summed E-state index contributed by atoms with van der Waals surface area (Å²) in [7, 11) is 0. The fourth-order valence-electron chi connectivity index (χ4n) is 1.30. The third-order valence-electron chi connectivity index (χ3n) is 2.09. The molecule has 0 aliphatic heterocycles. The van der Waals surface area contributed by atoms with E-state index in [9.17, 15) is 0 Å². The number of ether oxygens (including phenoxy) is 1. The molecule has 3 nitrogen and oxygen atoms in total. The minimum Gasteiger partial charge on any atom is -0.489 e. The van der Waals surface area contributed by atoms with E-state index in [1.807, 2.05) is 36.4 Å². The van der Waals surface area contributed by atoms with Crippen molar-refractivity contribution in [1.82, 2.24) is 4.98 Å². The SMILES string of the molecule is N#Cc1cc(OCc2ccccc2)ccn1. The lowest BCUT2D eigenvalue weighted by molar-refractivity contribution is 0.306. The van der Waals surface area contributed by atoms with E-state index in [2.05, 4.69) is 4.98 Å². The van der Waals surface area contributed by atoms with Gasteiger partial charge in [0.05, 0.1) is 0 Å². The van der Waals surface area contributed by atoms with Gasteiger partial charge in [0.2, 0.25) is 0 Å². The van der Waals surface area contributed by atoms with Crippen molar-refractivity contribution in [1.29, 1.82) is 5.26 Å². The summed E-state index contributed by atoms with van der Waals surface area (Å²) in [6.45, 7) is 0.496. The van der Waals surface area contributed by atoms with Crippen LogP contribution in [0.3, 0.4) is 0 Å². The zero-order valence-electron chi connectivity index (χ0n) is 8.63. The first-order valence-corrected chi connectivity index (χ1v) is 4.91. The lowest BCUT2D eigenvalue weighted by atomic mass is 10.2. The Bertz CT molecular complexity index is 503. The molecule has 3 heteroatoms. The Labute approximate surface area is 93.9 Å². The van der Waals surface area contributed by atoms with Crippen molar-refractivity contribution >= 4 is 0 Å². The van der Waals surface area contributed by atoms with Gasteiger partial charge in [-0.15, -0.1) is 0 Å². The van der Waals surface area contributed by atoms with E-state index in [1.165, 1.54) is 0 Å². The van der Waals surface area contributed by atoms with Crippen LogP contribution in [-0.4, -0.2) is 4.98 Å². The normalized spacial score (nSPS) is 9.44. The zero-order chi connectivity index (χ0) is 11.2. The number of pyridine rings is 1. The molecule has 0 saturated heterocycles. The quantitative estimate of drug-likeness (QED) is 0.782. The standard InChI is InChI=1S/C13H10N2O/c14-9-12-8-13(6-7-15-12)16-10-11-4-2-1-3-5-11/h1-8H,10H2. The summed E-state index contributed by atoms with van der Waals surface area (Å²) in [5.41, 5.74) is 1.46. The Morgan fingerprint density at radius 1 is 1.19 bits per heavy atom. The summed E-state index contributed by atoms with van der Waals surface area (Å²) in [4.78, 5) is 3.87. The number of rotatable bonds is 3. The molecule has 0 atom stereocenters. The van der Waals surface area contributed by atoms with Gasteiger partial charge >= 0.3 is 0 Å². The number of benzene rings is 1. The van der Waals surface area contributed by atoms with E-state index in [1.54, 1.807) is 18.3 Å². The van der Waals surface area contributed by atoms with E-state index in [0.717, 1.165) is 5.56 Å². The summed E-state index contributed by atoms with van der Waals surface area (Å²) in [5.74, 6) is 0.662. The van der Waals surface area contributed by atoms with Crippen LogP contribution in [0.5, 0.6) is 5.75 Å². The van der Waals surface area contributed by atoms with Crippen molar-refractivity contribution in [2.24, 2.45) is 0 Å². The zero-order valence-corrected chi connectivity index (χ0v) is 8.63. The van der Waals surface area contributed by atoms with Crippen LogP contribution in [0.4, 0.5) is 0 Å². The van der Waals surface area contributed by atoms with Gasteiger partial charge in [0.15, 0.2) is 0 Å². The van der Waals surface area contributed by atoms with Crippen LogP contribution in [0.1, 0.15) is 11.3 Å². The van der Waals surface area contributed by atoms with Gasteiger partial charge in [-0.3, -0.25) is 0 Å². The molecule has 1 aromatic carbocycles. The molecule has 1 aromatic heterocycles. The Balaban J connectivity index is 2.03. The number of hydrogen-bond acceptors (Lipinski definition) is 3. The Hall–Kier alpha value is -2.34. The highest BCUT2D eigenvalue weighted by Gasteiger charge is 1.97. The van der Waals surface area contributed by atoms with Gasteiger partial charge in [-0.05, 0) is 11.6 Å². The molecule has 0 aliphatic carbocycles. The first kappa shape index (κ1) is 10.2. The average Bonchev–Trinajstić information content (AvgIpc) is 2.38. The van der Waals surface area contributed by atoms with Crippen molar-refractivity contribution in [3.05, 3.63) is 59.9 Å². The molecular formula is C13H10N2O. The van der Waals surface area contributed by atoms with Gasteiger partial charge in [-0.2, -0.15) is 5.26 Å². The topological polar surface area (TPSA) is 45.9 Å². The van der Waals surface area contributed by atoms with Crippen molar-refractivity contribution in [2.45, 2.75) is 6.61 Å². The molecule has 0 spiro atoms. The maximum absolute atomic E-state index is 8.68. The van der Waals surface area contributed by atoms with E-state index in [4.69, 9.17) is 10.00 Å². The second-order valence-electron chi connectivity index (χ2n) is 3.26. The third kappa shape index (κ3) is 2.58. The highest BCUT2D eigenvalue weighted by Crippen LogP contribution is 2.12. The van der Waals surface area contributed by atoms with Gasteiger partial charge in [-0.1, -0.05) is 30.3 Å². The second-order valence-corrected chi connectivity index (χ2v) is 3.26. The minimum atomic E-state index is 0.366. The second kappa shape index (κ2) is 4.94. The van der Waals surface area contributed by atoms with E-state index >= 15 is 0 Å². The molecule has 2 rings (SSSR count). The molecule has 1 heterocycles. The summed E-state index contributed by atoms with van der Waals surface area (Å²) in [5, 5.41) is 8.68. The van der Waals surface area contributed by atoms with Gasteiger partial charge in [-0.25, -0.2) is 4.98 Å². The lowest BCUT2D eigenvalue weighted by Gasteiger charge is -2.05. The summed E-state index contributed by atoms with van der Waals surface area (Å²) >= 11 is 0. The predicted molar refractivity (Wildman–Crippen MR) is 59.7 cm³/mol. The van der Waals surface area contributed by atoms with Crippen LogP contribution in [0.2, 0.25) is 0 Å². The first-order chi connectivity index (χ1) is 7.88. The lowest BCUT2D eigenvalue weighted by Crippen LogP contribution is -1.95. The Morgan fingerprint density at radius 3 is 2.75 bits per heavy atom. The Morgan fingerprint density at radius 2 is 2.00 bits per heavy atom. The average molecular weight is 210 g/mol. The third-order valence-corrected chi connectivity index (χ3v) is 2.09. The van der Waals surface area contributed by atoms with Crippen LogP contribution in [0, 0.1) is 11.3 Å². The molecule has 2 aromatic rings. The summed E-state index contributed by atoms with van der Waals surface area (Å²) in [6.07, 6.45) is 1.57. The van der Waals surface area contributed by atoms with Crippen molar-refractivity contribution < 1.29 is 4.74 Å². The summed E-state index contributed by atoms with van der Waals surface area (Å²) in [6, 6.07) is 15.2. The highest BCUT2D eigenvalue weighted by atomic mass is 16.5. The fraction of sp³-hybridized carbons (Fsp3) is 0.0769. The van der Waals surface area contributed by atoms with Crippen LogP contribution < -0.4 is 4.74 Å². The smallest absolute Gasteiger partial charge is 0.144 e. The van der Waals surface area contributed by atoms with Gasteiger partial charge < -0.3 is 4.74 Å². The number of nitrogens with zero attached hydrogens (tertiary/aromatic N) is 2. The highest BCUT2D eigenvalue weighted by molar-refractivity contribution is 5.30. The maximum Gasteiger partial charge on any atom is 0.144 e. The van der Waals surface area contributed by atoms with E-state index in [0.29, 0.717) is 18.1 Å². The van der Waals surface area contributed by atoms with Crippen LogP contribution in [0.25, 0.3) is 0 Å². The number of hydrogen-bond donors (Lipinski definition) is 0. The molecule has 16 heavy (non-hydrogen) atoms. The Kier molecular flexibility index (Phi) is 3.15. The molecule has 0 N–H and O–H groups in total. The summed E-state index contributed by atoms with van der Waals surface area (Å²) < 4.78 is 5.54. The molecule has 0 fully saturated rings. The number of aromatic nitrogens is 1. The number of nitriles is 1. The molecular weight excluding hydrogens is 200 g/mol. The molecule has 0 bridgehead atoms. The maximum atomic E-state index is 8.68. The van der Waals surface area contributed by atoms with Gasteiger partial charge in [0.1, 0.15) is 24.1 Å². The first-order valence-electron chi connectivity index (χ1n) is 4.91. The molecule has 0 aliphatic rings. The molecule has 0 saturated carbocycles. The van der Waals surface area contributed by atoms with Crippen LogP contribution in [-0.2, 0) is 6.61 Å². The molecule has 0 radical (unpaired) electrons. The monoisotopic (exact) mass is 210 g/mol. The largest absolute Gasteiger partial charge is 0.489 e. The van der Waals surface area contributed by atoms with Crippen LogP contribution >= 0.6 is 0 Å². The fourth-order valence-corrected chi connectivity index (χ4v) is 1.30. The van der Waals surface area contributed by atoms with E-state index < -0.39 is 0 Å². The molecule has 0 unspecified atom stereocenters. The van der Waals surface area contributed by atoms with Crippen LogP contribution in [0.15, 0.2) is 48.7 Å². The molecule has 78 valence electrons. The van der Waals surface area contributed by atoms with Crippen molar-refractivity contribution in [2.75, 3.05) is 0 Å². The van der Waals surface area contributed by atoms with E-state index in [-0.39, 0.29) is 0 Å². The van der Waals surface area contributed by atoms with Crippen molar-refractivity contribution in [3.63, 3.8) is 0 Å². The van der Waals surface area contributed by atoms with Crippen molar-refractivity contribution in [3.8, 4) is 11.8 Å².